The van der Waals surface area contributed by atoms with E-state index in [9.17, 15) is 4.79 Å². The fourth-order valence-corrected chi connectivity index (χ4v) is 1.98. The summed E-state index contributed by atoms with van der Waals surface area (Å²) >= 11 is 0. The average molecular weight is 267 g/mol. The molecule has 0 atom stereocenters. The Morgan fingerprint density at radius 2 is 1.42 bits per heavy atom. The Morgan fingerprint density at radius 3 is 1.68 bits per heavy atom. The molecule has 4 nitrogen and oxygen atoms in total. The van der Waals surface area contributed by atoms with Crippen LogP contribution in [0.25, 0.3) is 0 Å². The lowest BCUT2D eigenvalue weighted by Gasteiger charge is -2.34. The second-order valence-electron chi connectivity index (χ2n) is 4.38. The van der Waals surface area contributed by atoms with Crippen molar-refractivity contribution in [1.82, 2.24) is 0 Å². The monoisotopic (exact) mass is 267 g/mol. The van der Waals surface area contributed by atoms with Crippen LogP contribution in [-0.2, 0) is 4.84 Å². The van der Waals surface area contributed by atoms with Crippen molar-refractivity contribution in [2.24, 2.45) is 5.90 Å². The van der Waals surface area contributed by atoms with Crippen molar-refractivity contribution in [3.63, 3.8) is 0 Å². The van der Waals surface area contributed by atoms with Crippen molar-refractivity contribution < 1.29 is 14.1 Å². The predicted octanol–water partition coefficient (Wildman–Crippen LogP) is 2.60. The van der Waals surface area contributed by atoms with E-state index in [1.165, 1.54) is 30.7 Å². The molecule has 0 unspecified atom stereocenters. The van der Waals surface area contributed by atoms with Gasteiger partial charge in [-0.15, -0.1) is 0 Å². The molecule has 19 heavy (non-hydrogen) atoms. The standard InChI is InChI=1S/C8H20N.C7H7NO2/c1-5-9(6-2,7-3)8-4;8-10-7(9)6-4-2-1-3-5-6/h5-8H2,1-4H3;1-5H,8H2/q+1;. The van der Waals surface area contributed by atoms with Crippen molar-refractivity contribution in [3.05, 3.63) is 35.9 Å². The van der Waals surface area contributed by atoms with Gasteiger partial charge in [0.25, 0.3) is 0 Å². The topological polar surface area (TPSA) is 52.3 Å². The quantitative estimate of drug-likeness (QED) is 0.659. The summed E-state index contributed by atoms with van der Waals surface area (Å²) in [5.41, 5.74) is 0.463. The molecule has 0 bridgehead atoms. The minimum absolute atomic E-state index is 0.463. The zero-order chi connectivity index (χ0) is 14.7. The van der Waals surface area contributed by atoms with Crippen LogP contribution in [0.5, 0.6) is 0 Å². The summed E-state index contributed by atoms with van der Waals surface area (Å²) in [5.74, 6) is 4.14. The largest absolute Gasteiger partial charge is 0.370 e. The van der Waals surface area contributed by atoms with Crippen LogP contribution in [-0.4, -0.2) is 36.6 Å². The van der Waals surface area contributed by atoms with Gasteiger partial charge in [-0.05, 0) is 39.8 Å². The van der Waals surface area contributed by atoms with Crippen LogP contribution >= 0.6 is 0 Å². The number of carbonyl (C=O) groups excluding carboxylic acids is 1. The van der Waals surface area contributed by atoms with E-state index in [0.717, 1.165) is 0 Å². The number of rotatable bonds is 5. The summed E-state index contributed by atoms with van der Waals surface area (Å²) < 4.78 is 1.28. The molecule has 0 aliphatic heterocycles. The maximum Gasteiger partial charge on any atom is 0.356 e. The molecule has 4 heteroatoms. The zero-order valence-corrected chi connectivity index (χ0v) is 12.6. The number of hydrogen-bond donors (Lipinski definition) is 1. The number of nitrogens with two attached hydrogens (primary N) is 1. The highest BCUT2D eigenvalue weighted by Gasteiger charge is 2.16. The van der Waals surface area contributed by atoms with Gasteiger partial charge in [-0.1, -0.05) is 18.2 Å². The SMILES string of the molecule is CC[N+](CC)(CC)CC.NOC(=O)c1ccccc1. The highest BCUT2D eigenvalue weighted by atomic mass is 16.7. The molecule has 108 valence electrons. The Kier molecular flexibility index (Phi) is 8.83. The van der Waals surface area contributed by atoms with E-state index in [1.54, 1.807) is 24.3 Å². The summed E-state index contributed by atoms with van der Waals surface area (Å²) in [6.45, 7) is 14.2. The number of quaternary nitrogens is 1. The third-order valence-corrected chi connectivity index (χ3v) is 3.80. The maximum absolute atomic E-state index is 10.7. The predicted molar refractivity (Wildman–Crippen MR) is 78.5 cm³/mol. The second-order valence-corrected chi connectivity index (χ2v) is 4.38. The summed E-state index contributed by atoms with van der Waals surface area (Å²) in [5, 5.41) is 0. The molecular weight excluding hydrogens is 240 g/mol. The van der Waals surface area contributed by atoms with Gasteiger partial charge in [0.05, 0.1) is 31.7 Å². The maximum atomic E-state index is 10.7. The number of hydrogen-bond acceptors (Lipinski definition) is 3. The molecule has 0 saturated carbocycles. The van der Waals surface area contributed by atoms with Crippen LogP contribution < -0.4 is 5.90 Å². The minimum atomic E-state index is -0.513. The van der Waals surface area contributed by atoms with Gasteiger partial charge in [-0.3, -0.25) is 0 Å². The zero-order valence-electron chi connectivity index (χ0n) is 12.6. The minimum Gasteiger partial charge on any atom is -0.370 e. The Balaban J connectivity index is 0.000000344. The van der Waals surface area contributed by atoms with Crippen LogP contribution in [0.3, 0.4) is 0 Å². The number of carbonyl (C=O) groups is 1. The lowest BCUT2D eigenvalue weighted by molar-refractivity contribution is -0.921. The molecule has 0 aliphatic rings. The van der Waals surface area contributed by atoms with E-state index < -0.39 is 5.97 Å². The van der Waals surface area contributed by atoms with E-state index in [1.807, 2.05) is 6.07 Å². The molecule has 0 heterocycles. The van der Waals surface area contributed by atoms with Crippen LogP contribution in [0.1, 0.15) is 38.1 Å². The van der Waals surface area contributed by atoms with Crippen LogP contribution in [0.4, 0.5) is 0 Å². The van der Waals surface area contributed by atoms with Gasteiger partial charge in [-0.25, -0.2) is 4.79 Å². The molecule has 2 N–H and O–H groups in total. The summed E-state index contributed by atoms with van der Waals surface area (Å²) in [6, 6.07) is 8.57. The van der Waals surface area contributed by atoms with Gasteiger partial charge in [0.2, 0.25) is 0 Å². The van der Waals surface area contributed by atoms with Crippen LogP contribution in [0, 0.1) is 0 Å². The van der Waals surface area contributed by atoms with E-state index in [-0.39, 0.29) is 0 Å². The van der Waals surface area contributed by atoms with Gasteiger partial charge >= 0.3 is 5.97 Å². The first-order valence-electron chi connectivity index (χ1n) is 6.90. The first-order valence-corrected chi connectivity index (χ1v) is 6.90. The average Bonchev–Trinajstić information content (AvgIpc) is 2.51. The van der Waals surface area contributed by atoms with Crippen molar-refractivity contribution in [3.8, 4) is 0 Å². The van der Waals surface area contributed by atoms with Crippen molar-refractivity contribution in [1.29, 1.82) is 0 Å². The molecule has 0 radical (unpaired) electrons. The second kappa shape index (κ2) is 9.53. The Hall–Kier alpha value is -1.39. The molecule has 0 fully saturated rings. The summed E-state index contributed by atoms with van der Waals surface area (Å²) in [7, 11) is 0. The molecule has 0 aromatic heterocycles. The third kappa shape index (κ3) is 5.85. The highest BCUT2D eigenvalue weighted by molar-refractivity contribution is 5.88. The Bertz CT molecular complexity index is 331. The Morgan fingerprint density at radius 1 is 1.00 bits per heavy atom. The van der Waals surface area contributed by atoms with Crippen molar-refractivity contribution >= 4 is 5.97 Å². The lowest BCUT2D eigenvalue weighted by atomic mass is 10.2. The first kappa shape index (κ1) is 17.6. The van der Waals surface area contributed by atoms with Gasteiger partial charge < -0.3 is 9.32 Å². The third-order valence-electron chi connectivity index (χ3n) is 3.80. The molecular formula is C15H27N2O2+. The van der Waals surface area contributed by atoms with Gasteiger partial charge in [0.15, 0.2) is 0 Å². The molecule has 1 rings (SSSR count). The van der Waals surface area contributed by atoms with Gasteiger partial charge in [0, 0.05) is 0 Å². The lowest BCUT2D eigenvalue weighted by Crippen LogP contribution is -2.47. The van der Waals surface area contributed by atoms with Crippen molar-refractivity contribution in [2.45, 2.75) is 27.7 Å². The van der Waals surface area contributed by atoms with Gasteiger partial charge in [0.1, 0.15) is 0 Å². The summed E-state index contributed by atoms with van der Waals surface area (Å²) in [4.78, 5) is 14.7. The first-order chi connectivity index (χ1) is 9.09. The van der Waals surface area contributed by atoms with Crippen LogP contribution in [0.15, 0.2) is 30.3 Å². The van der Waals surface area contributed by atoms with Crippen LogP contribution in [0.2, 0.25) is 0 Å². The smallest absolute Gasteiger partial charge is 0.356 e. The molecule has 0 spiro atoms. The molecule has 0 saturated heterocycles. The number of nitrogens with zero attached hydrogens (tertiary/aromatic N) is 1. The van der Waals surface area contributed by atoms with E-state index in [2.05, 4.69) is 38.4 Å². The highest BCUT2D eigenvalue weighted by Crippen LogP contribution is 2.03. The fourth-order valence-electron chi connectivity index (χ4n) is 1.98. The number of benzene rings is 1. The van der Waals surface area contributed by atoms with Crippen molar-refractivity contribution in [2.75, 3.05) is 26.2 Å². The molecule has 0 amide bonds. The van der Waals surface area contributed by atoms with E-state index >= 15 is 0 Å². The van der Waals surface area contributed by atoms with E-state index in [4.69, 9.17) is 0 Å². The van der Waals surface area contributed by atoms with Gasteiger partial charge in [-0.2, -0.15) is 5.90 Å². The normalized spacial score (nSPS) is 10.4. The fraction of sp³-hybridized carbons (Fsp3) is 0.533. The summed E-state index contributed by atoms with van der Waals surface area (Å²) in [6.07, 6.45) is 0. The molecule has 0 aliphatic carbocycles. The molecule has 1 aromatic rings. The molecule has 1 aromatic carbocycles. The van der Waals surface area contributed by atoms with E-state index in [0.29, 0.717) is 5.56 Å². The Labute approximate surface area is 116 Å².